The molecule has 1 saturated heterocycles. The molecule has 0 amide bonds. The fourth-order valence-electron chi connectivity index (χ4n) is 4.54. The molecule has 38 heavy (non-hydrogen) atoms. The Labute approximate surface area is 221 Å². The van der Waals surface area contributed by atoms with Gasteiger partial charge in [0.05, 0.1) is 11.8 Å². The van der Waals surface area contributed by atoms with Gasteiger partial charge in [-0.3, -0.25) is 0 Å². The van der Waals surface area contributed by atoms with Gasteiger partial charge in [-0.15, -0.1) is 0 Å². The monoisotopic (exact) mass is 512 g/mol. The zero-order valence-electron chi connectivity index (χ0n) is 22.1. The number of rotatable bonds is 7. The molecule has 0 radical (unpaired) electrons. The van der Waals surface area contributed by atoms with Gasteiger partial charge in [-0.1, -0.05) is 6.58 Å². The van der Waals surface area contributed by atoms with E-state index in [1.807, 2.05) is 68.9 Å². The molecular formula is C28H32N8O2. The molecular weight excluding hydrogens is 480 g/mol. The highest BCUT2D eigenvalue weighted by molar-refractivity contribution is 5.87. The second-order valence-corrected chi connectivity index (χ2v) is 10.1. The molecule has 1 fully saturated rings. The van der Waals surface area contributed by atoms with Crippen LogP contribution in [-0.4, -0.2) is 48.3 Å². The van der Waals surface area contributed by atoms with Crippen LogP contribution in [0.3, 0.4) is 0 Å². The van der Waals surface area contributed by atoms with E-state index in [2.05, 4.69) is 36.7 Å². The van der Waals surface area contributed by atoms with Gasteiger partial charge in [-0.2, -0.15) is 0 Å². The van der Waals surface area contributed by atoms with Crippen molar-refractivity contribution in [1.82, 2.24) is 24.5 Å². The fraction of sp³-hybridized carbons (Fsp3) is 0.321. The average molecular weight is 513 g/mol. The summed E-state index contributed by atoms with van der Waals surface area (Å²) < 4.78 is 8.02. The number of fused-ring (bicyclic) bond motifs is 1. The lowest BCUT2D eigenvalue weighted by Crippen LogP contribution is -2.33. The predicted octanol–water partition coefficient (Wildman–Crippen LogP) is 4.24. The normalized spacial score (nSPS) is 16.2. The summed E-state index contributed by atoms with van der Waals surface area (Å²) >= 11 is 0. The van der Waals surface area contributed by atoms with E-state index in [1.165, 1.54) is 12.5 Å². The van der Waals surface area contributed by atoms with Crippen LogP contribution in [0.25, 0.3) is 11.0 Å². The van der Waals surface area contributed by atoms with E-state index in [4.69, 9.17) is 9.72 Å². The summed E-state index contributed by atoms with van der Waals surface area (Å²) in [5, 5.41) is 13.8. The molecule has 1 aliphatic heterocycles. The third kappa shape index (κ3) is 5.35. The van der Waals surface area contributed by atoms with Gasteiger partial charge in [0, 0.05) is 50.2 Å². The van der Waals surface area contributed by atoms with Crippen LogP contribution in [0.15, 0.2) is 66.8 Å². The highest BCUT2D eigenvalue weighted by Crippen LogP contribution is 2.31. The van der Waals surface area contributed by atoms with E-state index in [0.29, 0.717) is 35.1 Å². The number of aliphatic hydroxyl groups is 1. The van der Waals surface area contributed by atoms with Crippen molar-refractivity contribution >= 4 is 28.5 Å². The Bertz CT molecular complexity index is 1560. The van der Waals surface area contributed by atoms with Crippen molar-refractivity contribution in [1.29, 1.82) is 0 Å². The number of hydrogen-bond acceptors (Lipinski definition) is 9. The lowest BCUT2D eigenvalue weighted by Gasteiger charge is -2.25. The third-order valence-corrected chi connectivity index (χ3v) is 6.82. The largest absolute Gasteiger partial charge is 0.457 e. The van der Waals surface area contributed by atoms with Crippen molar-refractivity contribution in [3.8, 4) is 11.5 Å². The molecule has 0 spiro atoms. The number of ether oxygens (including phenoxy) is 1. The quantitative estimate of drug-likeness (QED) is 0.378. The highest BCUT2D eigenvalue weighted by atomic mass is 16.5. The summed E-state index contributed by atoms with van der Waals surface area (Å²) in [6, 6.07) is 9.60. The molecule has 0 aliphatic carbocycles. The van der Waals surface area contributed by atoms with Crippen LogP contribution in [0.2, 0.25) is 0 Å². The van der Waals surface area contributed by atoms with Gasteiger partial charge >= 0.3 is 0 Å². The Kier molecular flexibility index (Phi) is 6.81. The number of nitrogens with one attached hydrogen (secondary N) is 1. The molecule has 1 aliphatic rings. The van der Waals surface area contributed by atoms with E-state index in [-0.39, 0.29) is 5.92 Å². The minimum Gasteiger partial charge on any atom is -0.457 e. The summed E-state index contributed by atoms with van der Waals surface area (Å²) in [6.45, 7) is 10.9. The predicted molar refractivity (Wildman–Crippen MR) is 147 cm³/mol. The van der Waals surface area contributed by atoms with Gasteiger partial charge in [0.2, 0.25) is 5.95 Å². The summed E-state index contributed by atoms with van der Waals surface area (Å²) in [7, 11) is 1.92. The summed E-state index contributed by atoms with van der Waals surface area (Å²) in [6.07, 6.45) is 7.51. The smallest absolute Gasteiger partial charge is 0.226 e. The van der Waals surface area contributed by atoms with Gasteiger partial charge < -0.3 is 24.6 Å². The summed E-state index contributed by atoms with van der Waals surface area (Å²) in [4.78, 5) is 24.5. The van der Waals surface area contributed by atoms with Crippen LogP contribution >= 0.6 is 0 Å². The van der Waals surface area contributed by atoms with Crippen molar-refractivity contribution in [2.45, 2.75) is 32.8 Å². The van der Waals surface area contributed by atoms with Crippen molar-refractivity contribution in [2.24, 2.45) is 18.0 Å². The maximum Gasteiger partial charge on any atom is 0.226 e. The van der Waals surface area contributed by atoms with Crippen LogP contribution < -0.4 is 20.4 Å². The second-order valence-electron chi connectivity index (χ2n) is 10.1. The number of anilines is 3. The first-order valence-corrected chi connectivity index (χ1v) is 12.5. The zero-order chi connectivity index (χ0) is 26.9. The molecule has 10 nitrogen and oxygen atoms in total. The van der Waals surface area contributed by atoms with Crippen molar-refractivity contribution in [3.63, 3.8) is 0 Å². The average Bonchev–Trinajstić information content (AvgIpc) is 3.39. The van der Waals surface area contributed by atoms with Crippen molar-refractivity contribution in [2.75, 3.05) is 23.3 Å². The Morgan fingerprint density at radius 1 is 1.21 bits per heavy atom. The third-order valence-electron chi connectivity index (χ3n) is 6.82. The molecule has 5 rings (SSSR count). The van der Waals surface area contributed by atoms with E-state index in [9.17, 15) is 5.11 Å². The Morgan fingerprint density at radius 3 is 2.79 bits per heavy atom. The Balaban J connectivity index is 1.37. The Morgan fingerprint density at radius 2 is 2.05 bits per heavy atom. The van der Waals surface area contributed by atoms with E-state index >= 15 is 0 Å². The van der Waals surface area contributed by atoms with E-state index in [1.54, 1.807) is 6.20 Å². The number of benzene rings is 1. The summed E-state index contributed by atoms with van der Waals surface area (Å²) in [5.41, 5.74) is 3.09. The number of hydrogen-bond donors (Lipinski definition) is 2. The maximum absolute atomic E-state index is 10.4. The van der Waals surface area contributed by atoms with Crippen LogP contribution in [0.5, 0.6) is 11.5 Å². The van der Waals surface area contributed by atoms with E-state index in [0.717, 1.165) is 35.5 Å². The van der Waals surface area contributed by atoms with Crippen LogP contribution in [0.1, 0.15) is 25.8 Å². The van der Waals surface area contributed by atoms with Gasteiger partial charge in [0.1, 0.15) is 34.3 Å². The molecule has 10 heteroatoms. The topological polar surface area (TPSA) is 114 Å². The molecule has 0 saturated carbocycles. The van der Waals surface area contributed by atoms with E-state index < -0.39 is 5.60 Å². The zero-order valence-corrected chi connectivity index (χ0v) is 22.1. The van der Waals surface area contributed by atoms with Gasteiger partial charge in [0.15, 0.2) is 5.82 Å². The Hall–Kier alpha value is -4.31. The SMILES string of the molecule is C=CN=c1cc(Oc2ccc(Nc3ncnc4cnc(N5CCC(C(C)(C)O)C5)nc34)cc2C)ccn1C. The second kappa shape index (κ2) is 10.2. The van der Waals surface area contributed by atoms with Gasteiger partial charge in [-0.25, -0.2) is 24.9 Å². The van der Waals surface area contributed by atoms with Crippen LogP contribution in [0.4, 0.5) is 17.5 Å². The standard InChI is InChI=1S/C28H32N8O2/c1-6-29-24-14-21(10-11-35(24)5)38-23-8-7-20(13-18(23)2)33-26-25-22(31-17-32-26)15-30-27(34-25)36-12-9-19(16-36)28(3,4)37/h6-8,10-11,13-15,17,19,37H,1,9,12,16H2,2-5H3,(H,31,32,33). The molecule has 0 bridgehead atoms. The first kappa shape index (κ1) is 25.3. The van der Waals surface area contributed by atoms with Gasteiger partial charge in [0.25, 0.3) is 0 Å². The number of aryl methyl sites for hydroxylation is 2. The lowest BCUT2D eigenvalue weighted by molar-refractivity contribution is 0.0263. The number of pyridine rings is 1. The molecule has 2 N–H and O–H groups in total. The lowest BCUT2D eigenvalue weighted by atomic mass is 9.91. The fourth-order valence-corrected chi connectivity index (χ4v) is 4.54. The highest BCUT2D eigenvalue weighted by Gasteiger charge is 2.34. The van der Waals surface area contributed by atoms with Crippen molar-refractivity contribution in [3.05, 3.63) is 72.9 Å². The molecule has 1 atom stereocenters. The minimum atomic E-state index is -0.739. The van der Waals surface area contributed by atoms with Crippen LogP contribution in [0, 0.1) is 12.8 Å². The molecule has 4 heterocycles. The number of aromatic nitrogens is 5. The maximum atomic E-state index is 10.4. The summed E-state index contributed by atoms with van der Waals surface area (Å²) in [5.74, 6) is 2.79. The van der Waals surface area contributed by atoms with Gasteiger partial charge in [-0.05, 0) is 57.0 Å². The molecule has 4 aromatic rings. The molecule has 196 valence electrons. The molecule has 1 aromatic carbocycles. The molecule has 1 unspecified atom stereocenters. The first-order valence-electron chi connectivity index (χ1n) is 12.5. The first-order chi connectivity index (χ1) is 18.2. The van der Waals surface area contributed by atoms with Crippen LogP contribution in [-0.2, 0) is 7.05 Å². The molecule has 3 aromatic heterocycles. The number of nitrogens with zero attached hydrogens (tertiary/aromatic N) is 7. The van der Waals surface area contributed by atoms with Crippen molar-refractivity contribution < 1.29 is 9.84 Å². The minimum absolute atomic E-state index is 0.164.